The smallest absolute Gasteiger partial charge is 0.0953 e. The highest BCUT2D eigenvalue weighted by Crippen LogP contribution is 2.43. The van der Waals surface area contributed by atoms with Crippen molar-refractivity contribution in [3.8, 4) is 0 Å². The van der Waals surface area contributed by atoms with E-state index >= 15 is 0 Å². The molecule has 2 heteroatoms. The molecule has 2 atom stereocenters. The second-order valence-electron chi connectivity index (χ2n) is 4.21. The Balaban J connectivity index is 2.84. The lowest BCUT2D eigenvalue weighted by Crippen LogP contribution is -2.51. The van der Waals surface area contributed by atoms with E-state index in [-0.39, 0.29) is 5.92 Å². The maximum atomic E-state index is 10.0. The van der Waals surface area contributed by atoms with E-state index in [0.717, 1.165) is 19.3 Å². The van der Waals surface area contributed by atoms with Gasteiger partial charge in [-0.05, 0) is 32.1 Å². The summed E-state index contributed by atoms with van der Waals surface area (Å²) in [5, 5.41) is 19.9. The molecule has 0 saturated heterocycles. The summed E-state index contributed by atoms with van der Waals surface area (Å²) in [6.45, 7) is 5.65. The molecule has 0 aromatic rings. The second-order valence-corrected chi connectivity index (χ2v) is 4.21. The molecule has 0 unspecified atom stereocenters. The lowest BCUT2D eigenvalue weighted by Gasteiger charge is -2.38. The first-order valence-corrected chi connectivity index (χ1v) is 4.35. The molecule has 0 bridgehead atoms. The summed E-state index contributed by atoms with van der Waals surface area (Å²) in [5.74, 6) is 0.139. The van der Waals surface area contributed by atoms with E-state index in [0.29, 0.717) is 0 Å². The minimum absolute atomic E-state index is 0.139. The highest BCUT2D eigenvalue weighted by molar-refractivity contribution is 5.03. The van der Waals surface area contributed by atoms with Crippen LogP contribution in [0.15, 0.2) is 0 Å². The molecule has 1 rings (SSSR count). The number of aliphatic hydroxyl groups is 2. The van der Waals surface area contributed by atoms with Gasteiger partial charge in [0.05, 0.1) is 11.2 Å². The van der Waals surface area contributed by atoms with Crippen molar-refractivity contribution in [1.82, 2.24) is 0 Å². The number of hydrogen-bond acceptors (Lipinski definition) is 2. The largest absolute Gasteiger partial charge is 0.387 e. The van der Waals surface area contributed by atoms with E-state index in [9.17, 15) is 10.2 Å². The molecule has 1 saturated carbocycles. The van der Waals surface area contributed by atoms with Gasteiger partial charge >= 0.3 is 0 Å². The van der Waals surface area contributed by atoms with Gasteiger partial charge in [-0.3, -0.25) is 0 Å². The first-order valence-electron chi connectivity index (χ1n) is 4.35. The lowest BCUT2D eigenvalue weighted by atomic mass is 9.79. The van der Waals surface area contributed by atoms with Crippen molar-refractivity contribution in [2.75, 3.05) is 0 Å². The third-order valence-electron chi connectivity index (χ3n) is 3.11. The van der Waals surface area contributed by atoms with Crippen molar-refractivity contribution in [1.29, 1.82) is 0 Å². The Labute approximate surface area is 68.2 Å². The molecule has 2 N–H and O–H groups in total. The molecule has 0 aliphatic heterocycles. The minimum atomic E-state index is -0.874. The molecule has 0 heterocycles. The topological polar surface area (TPSA) is 40.5 Å². The second kappa shape index (κ2) is 2.46. The van der Waals surface area contributed by atoms with Crippen molar-refractivity contribution >= 4 is 0 Å². The molecule has 1 aliphatic rings. The Bertz CT molecular complexity index is 152. The van der Waals surface area contributed by atoms with E-state index in [1.807, 2.05) is 13.8 Å². The first-order chi connectivity index (χ1) is 4.90. The van der Waals surface area contributed by atoms with E-state index in [1.165, 1.54) is 0 Å². The third-order valence-corrected chi connectivity index (χ3v) is 3.11. The molecule has 0 amide bonds. The lowest BCUT2D eigenvalue weighted by molar-refractivity contribution is -0.144. The predicted octanol–water partition coefficient (Wildman–Crippen LogP) is 1.31. The van der Waals surface area contributed by atoms with Gasteiger partial charge in [-0.1, -0.05) is 13.8 Å². The molecule has 11 heavy (non-hydrogen) atoms. The van der Waals surface area contributed by atoms with Crippen molar-refractivity contribution in [2.24, 2.45) is 5.92 Å². The summed E-state index contributed by atoms with van der Waals surface area (Å²) in [6, 6.07) is 0. The highest BCUT2D eigenvalue weighted by Gasteiger charge is 2.51. The van der Waals surface area contributed by atoms with Gasteiger partial charge in [0.2, 0.25) is 0 Å². The van der Waals surface area contributed by atoms with Crippen molar-refractivity contribution < 1.29 is 10.2 Å². The van der Waals surface area contributed by atoms with Gasteiger partial charge < -0.3 is 10.2 Å². The van der Waals surface area contributed by atoms with Crippen LogP contribution in [0, 0.1) is 5.92 Å². The quantitative estimate of drug-likeness (QED) is 0.604. The van der Waals surface area contributed by atoms with Crippen molar-refractivity contribution in [3.05, 3.63) is 0 Å². The average molecular weight is 158 g/mol. The van der Waals surface area contributed by atoms with Gasteiger partial charge in [-0.25, -0.2) is 0 Å². The van der Waals surface area contributed by atoms with E-state index < -0.39 is 11.2 Å². The molecular weight excluding hydrogens is 140 g/mol. The van der Waals surface area contributed by atoms with Crippen LogP contribution in [0.2, 0.25) is 0 Å². The highest BCUT2D eigenvalue weighted by atomic mass is 16.4. The Morgan fingerprint density at radius 3 is 1.91 bits per heavy atom. The first kappa shape index (κ1) is 9.01. The number of rotatable bonds is 1. The average Bonchev–Trinajstić information content (AvgIpc) is 2.09. The SMILES string of the molecule is CC(C)[C@]1(O)CCC[C@@]1(C)O. The van der Waals surface area contributed by atoms with Gasteiger partial charge in [-0.15, -0.1) is 0 Å². The van der Waals surface area contributed by atoms with E-state index in [4.69, 9.17) is 0 Å². The monoisotopic (exact) mass is 158 g/mol. The Kier molecular flexibility index (Phi) is 2.01. The fourth-order valence-corrected chi connectivity index (χ4v) is 2.10. The minimum Gasteiger partial charge on any atom is -0.387 e. The standard InChI is InChI=1S/C9H18O2/c1-7(2)9(11)6-4-5-8(9,3)10/h7,10-11H,4-6H2,1-3H3/t8-,9-/m1/s1. The maximum Gasteiger partial charge on any atom is 0.0953 e. The molecular formula is C9H18O2. The summed E-state index contributed by atoms with van der Waals surface area (Å²) in [6.07, 6.45) is 2.39. The van der Waals surface area contributed by atoms with Crippen molar-refractivity contribution in [3.63, 3.8) is 0 Å². The summed E-state index contributed by atoms with van der Waals surface area (Å²) >= 11 is 0. The van der Waals surface area contributed by atoms with Crippen LogP contribution in [0.3, 0.4) is 0 Å². The molecule has 0 spiro atoms. The van der Waals surface area contributed by atoms with Gasteiger partial charge in [0.15, 0.2) is 0 Å². The summed E-state index contributed by atoms with van der Waals surface area (Å²) < 4.78 is 0. The zero-order valence-corrected chi connectivity index (χ0v) is 7.59. The van der Waals surface area contributed by atoms with Crippen molar-refractivity contribution in [2.45, 2.75) is 51.2 Å². The molecule has 0 aromatic heterocycles. The van der Waals surface area contributed by atoms with E-state index in [2.05, 4.69) is 0 Å². The van der Waals surface area contributed by atoms with Crippen LogP contribution in [0.25, 0.3) is 0 Å². The fourth-order valence-electron chi connectivity index (χ4n) is 2.10. The van der Waals surface area contributed by atoms with Crippen LogP contribution < -0.4 is 0 Å². The third kappa shape index (κ3) is 1.18. The fraction of sp³-hybridized carbons (Fsp3) is 1.00. The van der Waals surface area contributed by atoms with Crippen LogP contribution in [0.4, 0.5) is 0 Å². The zero-order valence-electron chi connectivity index (χ0n) is 7.59. The van der Waals surface area contributed by atoms with Gasteiger partial charge in [0.1, 0.15) is 0 Å². The number of hydrogen-bond donors (Lipinski definition) is 2. The Morgan fingerprint density at radius 1 is 1.18 bits per heavy atom. The summed E-state index contributed by atoms with van der Waals surface area (Å²) in [4.78, 5) is 0. The van der Waals surface area contributed by atoms with E-state index in [1.54, 1.807) is 6.92 Å². The van der Waals surface area contributed by atoms with Crippen LogP contribution in [0.5, 0.6) is 0 Å². The predicted molar refractivity (Wildman–Crippen MR) is 44.3 cm³/mol. The van der Waals surface area contributed by atoms with Crippen LogP contribution in [-0.4, -0.2) is 21.4 Å². The zero-order chi connectivity index (χ0) is 8.70. The maximum absolute atomic E-state index is 10.0. The molecule has 0 aromatic carbocycles. The molecule has 1 aliphatic carbocycles. The van der Waals surface area contributed by atoms with Crippen LogP contribution in [-0.2, 0) is 0 Å². The van der Waals surface area contributed by atoms with Crippen LogP contribution >= 0.6 is 0 Å². The Hall–Kier alpha value is -0.0800. The van der Waals surface area contributed by atoms with Gasteiger partial charge in [0, 0.05) is 0 Å². The van der Waals surface area contributed by atoms with Gasteiger partial charge in [0.25, 0.3) is 0 Å². The summed E-state index contributed by atoms with van der Waals surface area (Å²) in [7, 11) is 0. The normalized spacial score (nSPS) is 45.3. The Morgan fingerprint density at radius 2 is 1.73 bits per heavy atom. The molecule has 1 fully saturated rings. The van der Waals surface area contributed by atoms with Crippen LogP contribution in [0.1, 0.15) is 40.0 Å². The van der Waals surface area contributed by atoms with Gasteiger partial charge in [-0.2, -0.15) is 0 Å². The molecule has 66 valence electrons. The molecule has 0 radical (unpaired) electrons. The molecule has 2 nitrogen and oxygen atoms in total. The summed E-state index contributed by atoms with van der Waals surface area (Å²) in [5.41, 5.74) is -1.73.